The van der Waals surface area contributed by atoms with Crippen LogP contribution >= 0.6 is 11.6 Å². The number of hydrogen-bond acceptors (Lipinski definition) is 1. The molecule has 0 unspecified atom stereocenters. The molecule has 1 nitrogen and oxygen atoms in total. The van der Waals surface area contributed by atoms with E-state index >= 15 is 0 Å². The van der Waals surface area contributed by atoms with Gasteiger partial charge in [0.05, 0.1) is 7.11 Å². The summed E-state index contributed by atoms with van der Waals surface area (Å²) in [5.74, 6) is 2.00. The molecule has 0 bridgehead atoms. The Bertz CT molecular complexity index is 640. The summed E-state index contributed by atoms with van der Waals surface area (Å²) in [7, 11) is 1.70. The average molecular weight is 299 g/mol. The second kappa shape index (κ2) is 5.95. The van der Waals surface area contributed by atoms with Gasteiger partial charge in [-0.25, -0.2) is 0 Å². The van der Waals surface area contributed by atoms with Crippen LogP contribution in [0, 0.1) is 5.92 Å². The zero-order valence-corrected chi connectivity index (χ0v) is 13.1. The number of halogens is 1. The summed E-state index contributed by atoms with van der Waals surface area (Å²) in [4.78, 5) is 0. The minimum atomic E-state index is 0.474. The third-order valence-corrected chi connectivity index (χ3v) is 4.50. The Morgan fingerprint density at radius 1 is 1.00 bits per heavy atom. The average Bonchev–Trinajstić information content (AvgIpc) is 2.90. The standard InChI is InChI=1S/C19H19ClO/c1-13-11-16(14-3-7-17(20)8-4-14)12-19(13)15-5-9-18(21-2)10-6-15/h3-10,12-13,19H,11H2,1-2H3/t13-,19-/m0/s1. The lowest BCUT2D eigenvalue weighted by Crippen LogP contribution is -2.01. The van der Waals surface area contributed by atoms with Crippen LogP contribution in [0.15, 0.2) is 54.6 Å². The molecule has 0 saturated carbocycles. The first-order valence-electron chi connectivity index (χ1n) is 7.28. The van der Waals surface area contributed by atoms with Crippen LogP contribution in [0.25, 0.3) is 5.57 Å². The molecule has 0 amide bonds. The Labute approximate surface area is 131 Å². The SMILES string of the molecule is COc1ccc([C@H]2C=C(c3ccc(Cl)cc3)C[C@@H]2C)cc1. The minimum Gasteiger partial charge on any atom is -0.497 e. The van der Waals surface area contributed by atoms with Gasteiger partial charge in [-0.3, -0.25) is 0 Å². The molecule has 0 heterocycles. The topological polar surface area (TPSA) is 9.23 Å². The molecule has 0 radical (unpaired) electrons. The normalized spacial score (nSPS) is 21.2. The number of ether oxygens (including phenoxy) is 1. The van der Waals surface area contributed by atoms with Crippen molar-refractivity contribution < 1.29 is 4.74 Å². The highest BCUT2D eigenvalue weighted by atomic mass is 35.5. The lowest BCUT2D eigenvalue weighted by molar-refractivity contribution is 0.414. The number of allylic oxidation sites excluding steroid dienone is 2. The first kappa shape index (κ1) is 14.2. The van der Waals surface area contributed by atoms with E-state index in [0.29, 0.717) is 11.8 Å². The minimum absolute atomic E-state index is 0.474. The van der Waals surface area contributed by atoms with Gasteiger partial charge in [0.2, 0.25) is 0 Å². The van der Waals surface area contributed by atoms with Gasteiger partial charge in [0.1, 0.15) is 5.75 Å². The van der Waals surface area contributed by atoms with Crippen molar-refractivity contribution >= 4 is 17.2 Å². The smallest absolute Gasteiger partial charge is 0.118 e. The molecule has 0 fully saturated rings. The Kier molecular flexibility index (Phi) is 4.03. The van der Waals surface area contributed by atoms with Crippen molar-refractivity contribution in [3.63, 3.8) is 0 Å². The van der Waals surface area contributed by atoms with E-state index < -0.39 is 0 Å². The highest BCUT2D eigenvalue weighted by molar-refractivity contribution is 6.30. The van der Waals surface area contributed by atoms with E-state index in [1.807, 2.05) is 24.3 Å². The molecule has 0 spiro atoms. The zero-order valence-electron chi connectivity index (χ0n) is 12.3. The van der Waals surface area contributed by atoms with Gasteiger partial charge in [0.15, 0.2) is 0 Å². The second-order valence-electron chi connectivity index (χ2n) is 5.68. The van der Waals surface area contributed by atoms with Crippen molar-refractivity contribution in [2.45, 2.75) is 19.3 Å². The fourth-order valence-electron chi connectivity index (χ4n) is 3.05. The molecule has 21 heavy (non-hydrogen) atoms. The number of rotatable bonds is 3. The van der Waals surface area contributed by atoms with Crippen LogP contribution < -0.4 is 4.74 Å². The molecule has 2 atom stereocenters. The lowest BCUT2D eigenvalue weighted by atomic mass is 9.90. The summed E-state index contributed by atoms with van der Waals surface area (Å²) >= 11 is 5.97. The van der Waals surface area contributed by atoms with E-state index in [-0.39, 0.29) is 0 Å². The quantitative estimate of drug-likeness (QED) is 0.721. The van der Waals surface area contributed by atoms with Crippen LogP contribution in [-0.2, 0) is 0 Å². The Morgan fingerprint density at radius 2 is 1.67 bits per heavy atom. The molecular weight excluding hydrogens is 280 g/mol. The van der Waals surface area contributed by atoms with Gasteiger partial charge < -0.3 is 4.74 Å². The molecule has 0 saturated heterocycles. The second-order valence-corrected chi connectivity index (χ2v) is 6.12. The lowest BCUT2D eigenvalue weighted by Gasteiger charge is -2.15. The molecule has 0 N–H and O–H groups in total. The van der Waals surface area contributed by atoms with Gasteiger partial charge in [0.25, 0.3) is 0 Å². The first-order valence-corrected chi connectivity index (χ1v) is 7.66. The van der Waals surface area contributed by atoms with Gasteiger partial charge >= 0.3 is 0 Å². The summed E-state index contributed by atoms with van der Waals surface area (Å²) in [5.41, 5.74) is 4.05. The van der Waals surface area contributed by atoms with Gasteiger partial charge in [-0.05, 0) is 53.3 Å². The molecule has 108 valence electrons. The van der Waals surface area contributed by atoms with Crippen LogP contribution in [0.2, 0.25) is 5.02 Å². The number of methoxy groups -OCH3 is 1. The van der Waals surface area contributed by atoms with Gasteiger partial charge in [0, 0.05) is 10.9 Å². The number of hydrogen-bond donors (Lipinski definition) is 0. The summed E-state index contributed by atoms with van der Waals surface area (Å²) in [5, 5.41) is 0.789. The van der Waals surface area contributed by atoms with Gasteiger partial charge in [-0.2, -0.15) is 0 Å². The van der Waals surface area contributed by atoms with Crippen molar-refractivity contribution in [2.24, 2.45) is 5.92 Å². The van der Waals surface area contributed by atoms with Crippen molar-refractivity contribution in [3.8, 4) is 5.75 Å². The molecule has 1 aliphatic rings. The predicted molar refractivity (Wildman–Crippen MR) is 88.9 cm³/mol. The maximum absolute atomic E-state index is 5.97. The summed E-state index contributed by atoms with van der Waals surface area (Å²) in [6, 6.07) is 16.6. The predicted octanol–water partition coefficient (Wildman–Crippen LogP) is 5.56. The summed E-state index contributed by atoms with van der Waals surface area (Å²) in [6.07, 6.45) is 3.51. The maximum Gasteiger partial charge on any atom is 0.118 e. The molecule has 0 aliphatic heterocycles. The van der Waals surface area contributed by atoms with Crippen LogP contribution in [0.5, 0.6) is 5.75 Å². The Balaban J connectivity index is 1.87. The maximum atomic E-state index is 5.97. The molecule has 2 aromatic carbocycles. The fraction of sp³-hybridized carbons (Fsp3) is 0.263. The van der Waals surface area contributed by atoms with E-state index in [1.54, 1.807) is 7.11 Å². The molecule has 1 aliphatic carbocycles. The Morgan fingerprint density at radius 3 is 2.29 bits per heavy atom. The number of benzene rings is 2. The monoisotopic (exact) mass is 298 g/mol. The highest BCUT2D eigenvalue weighted by Crippen LogP contribution is 2.42. The van der Waals surface area contributed by atoms with Crippen LogP contribution in [-0.4, -0.2) is 7.11 Å². The molecule has 2 aromatic rings. The van der Waals surface area contributed by atoms with E-state index in [0.717, 1.165) is 17.2 Å². The summed E-state index contributed by atoms with van der Waals surface area (Å²) in [6.45, 7) is 2.31. The van der Waals surface area contributed by atoms with Crippen molar-refractivity contribution in [1.82, 2.24) is 0 Å². The fourth-order valence-corrected chi connectivity index (χ4v) is 3.18. The third kappa shape index (κ3) is 2.98. The van der Waals surface area contributed by atoms with E-state index in [9.17, 15) is 0 Å². The summed E-state index contributed by atoms with van der Waals surface area (Å²) < 4.78 is 5.23. The van der Waals surface area contributed by atoms with Crippen molar-refractivity contribution in [3.05, 3.63) is 70.8 Å². The molecule has 0 aromatic heterocycles. The van der Waals surface area contributed by atoms with E-state index in [1.165, 1.54) is 16.7 Å². The molecule has 2 heteroatoms. The first-order chi connectivity index (χ1) is 10.2. The van der Waals surface area contributed by atoms with Gasteiger partial charge in [-0.15, -0.1) is 0 Å². The molecular formula is C19H19ClO. The third-order valence-electron chi connectivity index (χ3n) is 4.25. The largest absolute Gasteiger partial charge is 0.497 e. The van der Waals surface area contributed by atoms with Crippen LogP contribution in [0.1, 0.15) is 30.4 Å². The van der Waals surface area contributed by atoms with Gasteiger partial charge in [-0.1, -0.05) is 48.9 Å². The van der Waals surface area contributed by atoms with E-state index in [4.69, 9.17) is 16.3 Å². The zero-order chi connectivity index (χ0) is 14.8. The van der Waals surface area contributed by atoms with Crippen molar-refractivity contribution in [2.75, 3.05) is 7.11 Å². The van der Waals surface area contributed by atoms with E-state index in [2.05, 4.69) is 37.3 Å². The van der Waals surface area contributed by atoms with Crippen LogP contribution in [0.4, 0.5) is 0 Å². The Hall–Kier alpha value is -1.73. The van der Waals surface area contributed by atoms with Crippen molar-refractivity contribution in [1.29, 1.82) is 0 Å². The van der Waals surface area contributed by atoms with Crippen LogP contribution in [0.3, 0.4) is 0 Å². The molecule has 3 rings (SSSR count). The highest BCUT2D eigenvalue weighted by Gasteiger charge is 2.25.